The number of carbonyl (C=O) groups excluding carboxylic acids is 1. The molecule has 8 heteroatoms. The average molecular weight is 411 g/mol. The van der Waals surface area contributed by atoms with E-state index >= 15 is 0 Å². The molecule has 2 N–H and O–H groups in total. The summed E-state index contributed by atoms with van der Waals surface area (Å²) in [6.07, 6.45) is 4.41. The van der Waals surface area contributed by atoms with Crippen LogP contribution in [-0.4, -0.2) is 38.5 Å². The summed E-state index contributed by atoms with van der Waals surface area (Å²) in [4.78, 5) is 24.6. The number of nitrogens with zero attached hydrogens (tertiary/aromatic N) is 1. The molecular weight excluding hydrogens is 380 g/mol. The molecule has 1 aliphatic rings. The number of amides is 1. The van der Waals surface area contributed by atoms with Crippen LogP contribution in [0.2, 0.25) is 0 Å². The number of benzene rings is 1. The van der Waals surface area contributed by atoms with E-state index in [2.05, 4.69) is 18.6 Å². The first-order valence-electron chi connectivity index (χ1n) is 9.93. The van der Waals surface area contributed by atoms with Gasteiger partial charge >= 0.3 is 5.97 Å². The van der Waals surface area contributed by atoms with Crippen molar-refractivity contribution in [1.82, 2.24) is 4.72 Å². The van der Waals surface area contributed by atoms with Crippen molar-refractivity contribution < 1.29 is 23.1 Å². The number of hydrogen-bond donors (Lipinski definition) is 2. The van der Waals surface area contributed by atoms with Gasteiger partial charge in [-0.1, -0.05) is 33.1 Å². The number of unbranched alkanes of at least 4 members (excludes halogenated alkanes) is 1. The van der Waals surface area contributed by atoms with Gasteiger partial charge in [0, 0.05) is 25.2 Å². The van der Waals surface area contributed by atoms with E-state index in [0.717, 1.165) is 31.2 Å². The van der Waals surface area contributed by atoms with Crippen molar-refractivity contribution in [3.05, 3.63) is 23.8 Å². The number of carboxylic acid groups (broad SMARTS) is 1. The number of sulfonamides is 1. The maximum Gasteiger partial charge on any atom is 0.303 e. The van der Waals surface area contributed by atoms with Crippen LogP contribution < -0.4 is 9.62 Å². The largest absolute Gasteiger partial charge is 0.481 e. The molecule has 156 valence electrons. The quantitative estimate of drug-likeness (QED) is 0.584. The second-order valence-corrected chi connectivity index (χ2v) is 9.01. The van der Waals surface area contributed by atoms with E-state index in [1.165, 1.54) is 6.07 Å². The number of carbonyl (C=O) groups is 2. The van der Waals surface area contributed by atoms with Crippen molar-refractivity contribution in [2.45, 2.75) is 63.7 Å². The fraction of sp³-hybridized carbons (Fsp3) is 0.600. The molecule has 0 radical (unpaired) electrons. The summed E-state index contributed by atoms with van der Waals surface area (Å²) >= 11 is 0. The minimum atomic E-state index is -3.60. The highest BCUT2D eigenvalue weighted by Crippen LogP contribution is 2.31. The smallest absolute Gasteiger partial charge is 0.303 e. The Morgan fingerprint density at radius 2 is 2.00 bits per heavy atom. The molecule has 0 bridgehead atoms. The van der Waals surface area contributed by atoms with Crippen molar-refractivity contribution in [1.29, 1.82) is 0 Å². The Morgan fingerprint density at radius 3 is 2.64 bits per heavy atom. The standard InChI is InChI=1S/C20H30N2O5S/c1-3-5-6-15(4-2)14-21-28(26,27)17-7-8-18-16(13-17)11-12-22(18)19(23)9-10-20(24)25/h7-8,13,15,21H,3-6,9-12,14H2,1-2H3,(H,24,25)/t15-/m0/s1. The lowest BCUT2D eigenvalue weighted by atomic mass is 10.00. The lowest BCUT2D eigenvalue weighted by Gasteiger charge is -2.18. The number of fused-ring (bicyclic) bond motifs is 1. The number of nitrogens with one attached hydrogen (secondary N) is 1. The maximum absolute atomic E-state index is 12.7. The van der Waals surface area contributed by atoms with Gasteiger partial charge < -0.3 is 10.0 Å². The first-order chi connectivity index (χ1) is 13.3. The van der Waals surface area contributed by atoms with E-state index in [1.807, 2.05) is 0 Å². The van der Waals surface area contributed by atoms with Crippen LogP contribution in [0.25, 0.3) is 0 Å². The number of hydrogen-bond acceptors (Lipinski definition) is 4. The fourth-order valence-corrected chi connectivity index (χ4v) is 4.57. The summed E-state index contributed by atoms with van der Waals surface area (Å²) in [5, 5.41) is 8.74. The van der Waals surface area contributed by atoms with Crippen LogP contribution in [0.1, 0.15) is 57.9 Å². The molecule has 1 atom stereocenters. The summed E-state index contributed by atoms with van der Waals surface area (Å²) in [6.45, 7) is 5.06. The van der Waals surface area contributed by atoms with E-state index in [0.29, 0.717) is 31.1 Å². The van der Waals surface area contributed by atoms with Gasteiger partial charge in [0.2, 0.25) is 15.9 Å². The Hall–Kier alpha value is -1.93. The van der Waals surface area contributed by atoms with Crippen LogP contribution in [0, 0.1) is 5.92 Å². The molecule has 2 rings (SSSR count). The van der Waals surface area contributed by atoms with Gasteiger partial charge in [0.25, 0.3) is 0 Å². The molecule has 0 aliphatic carbocycles. The number of carboxylic acids is 1. The predicted molar refractivity (Wildman–Crippen MR) is 108 cm³/mol. The zero-order valence-corrected chi connectivity index (χ0v) is 17.4. The first kappa shape index (κ1) is 22.4. The normalized spacial score (nSPS) is 14.7. The van der Waals surface area contributed by atoms with E-state index < -0.39 is 16.0 Å². The molecule has 0 unspecified atom stereocenters. The maximum atomic E-state index is 12.7. The molecule has 1 aromatic carbocycles. The predicted octanol–water partition coefficient (Wildman–Crippen LogP) is 2.94. The summed E-state index contributed by atoms with van der Waals surface area (Å²) in [7, 11) is -3.60. The Kier molecular flexibility index (Phi) is 8.00. The summed E-state index contributed by atoms with van der Waals surface area (Å²) < 4.78 is 28.0. The minimum absolute atomic E-state index is 0.0630. The van der Waals surface area contributed by atoms with Gasteiger partial charge in [0.15, 0.2) is 0 Å². The van der Waals surface area contributed by atoms with E-state index in [4.69, 9.17) is 5.11 Å². The van der Waals surface area contributed by atoms with E-state index in [1.54, 1.807) is 17.0 Å². The Balaban J connectivity index is 2.06. The number of anilines is 1. The second kappa shape index (κ2) is 10.0. The topological polar surface area (TPSA) is 104 Å². The third kappa shape index (κ3) is 5.78. The molecule has 1 aliphatic heterocycles. The Labute approximate surface area is 167 Å². The van der Waals surface area contributed by atoms with Crippen LogP contribution in [0.3, 0.4) is 0 Å². The lowest BCUT2D eigenvalue weighted by Crippen LogP contribution is -2.30. The summed E-state index contributed by atoms with van der Waals surface area (Å²) in [5.74, 6) is -0.937. The van der Waals surface area contributed by atoms with Gasteiger partial charge in [-0.05, 0) is 42.5 Å². The Bertz CT molecular complexity index is 807. The van der Waals surface area contributed by atoms with Gasteiger partial charge in [-0.25, -0.2) is 13.1 Å². The molecule has 0 fully saturated rings. The molecule has 1 amide bonds. The molecule has 0 spiro atoms. The van der Waals surface area contributed by atoms with Crippen LogP contribution in [-0.2, 0) is 26.0 Å². The van der Waals surface area contributed by atoms with Gasteiger partial charge in [0.05, 0.1) is 11.3 Å². The third-order valence-electron chi connectivity index (χ3n) is 5.22. The zero-order valence-electron chi connectivity index (χ0n) is 16.6. The van der Waals surface area contributed by atoms with Crippen molar-refractivity contribution >= 4 is 27.6 Å². The molecule has 1 aromatic rings. The van der Waals surface area contributed by atoms with Gasteiger partial charge in [-0.3, -0.25) is 9.59 Å². The van der Waals surface area contributed by atoms with Crippen molar-refractivity contribution in [3.8, 4) is 0 Å². The van der Waals surface area contributed by atoms with Crippen LogP contribution in [0.5, 0.6) is 0 Å². The van der Waals surface area contributed by atoms with Crippen molar-refractivity contribution in [2.24, 2.45) is 5.92 Å². The summed E-state index contributed by atoms with van der Waals surface area (Å²) in [5.41, 5.74) is 1.47. The number of aliphatic carboxylic acids is 1. The second-order valence-electron chi connectivity index (χ2n) is 7.25. The molecule has 0 aromatic heterocycles. The Morgan fingerprint density at radius 1 is 1.25 bits per heavy atom. The molecule has 0 saturated carbocycles. The molecular formula is C20H30N2O5S. The highest BCUT2D eigenvalue weighted by atomic mass is 32.2. The van der Waals surface area contributed by atoms with Crippen LogP contribution >= 0.6 is 0 Å². The molecule has 1 heterocycles. The van der Waals surface area contributed by atoms with E-state index in [-0.39, 0.29) is 23.6 Å². The fourth-order valence-electron chi connectivity index (χ4n) is 3.41. The molecule has 7 nitrogen and oxygen atoms in total. The third-order valence-corrected chi connectivity index (χ3v) is 6.64. The van der Waals surface area contributed by atoms with Crippen LogP contribution in [0.4, 0.5) is 5.69 Å². The monoisotopic (exact) mass is 410 g/mol. The van der Waals surface area contributed by atoms with Gasteiger partial charge in [-0.15, -0.1) is 0 Å². The SMILES string of the molecule is CCCC[C@H](CC)CNS(=O)(=O)c1ccc2c(c1)CCN2C(=O)CCC(=O)O. The van der Waals surface area contributed by atoms with E-state index in [9.17, 15) is 18.0 Å². The van der Waals surface area contributed by atoms with Gasteiger partial charge in [-0.2, -0.15) is 0 Å². The summed E-state index contributed by atoms with van der Waals surface area (Å²) in [6, 6.07) is 4.77. The zero-order chi connectivity index (χ0) is 20.7. The highest BCUT2D eigenvalue weighted by Gasteiger charge is 2.27. The minimum Gasteiger partial charge on any atom is -0.481 e. The molecule has 0 saturated heterocycles. The van der Waals surface area contributed by atoms with Crippen molar-refractivity contribution in [2.75, 3.05) is 18.0 Å². The molecule has 28 heavy (non-hydrogen) atoms. The number of rotatable bonds is 11. The lowest BCUT2D eigenvalue weighted by molar-refractivity contribution is -0.138. The first-order valence-corrected chi connectivity index (χ1v) is 11.4. The van der Waals surface area contributed by atoms with Crippen molar-refractivity contribution in [3.63, 3.8) is 0 Å². The average Bonchev–Trinajstić information content (AvgIpc) is 3.09. The van der Waals surface area contributed by atoms with Crippen LogP contribution in [0.15, 0.2) is 23.1 Å². The van der Waals surface area contributed by atoms with Gasteiger partial charge in [0.1, 0.15) is 0 Å². The highest BCUT2D eigenvalue weighted by molar-refractivity contribution is 7.89.